The maximum absolute atomic E-state index is 15.0. The van der Waals surface area contributed by atoms with Crippen molar-refractivity contribution in [2.75, 3.05) is 13.2 Å². The number of hydrogen-bond acceptors (Lipinski definition) is 3. The molecule has 3 aromatic carbocycles. The fourth-order valence-electron chi connectivity index (χ4n) is 4.57. The van der Waals surface area contributed by atoms with Gasteiger partial charge in [-0.15, -0.1) is 0 Å². The number of hydrogen-bond donors (Lipinski definition) is 0. The first-order chi connectivity index (χ1) is 18.4. The molecule has 39 heavy (non-hydrogen) atoms. The van der Waals surface area contributed by atoms with Gasteiger partial charge in [0.2, 0.25) is 0 Å². The van der Waals surface area contributed by atoms with E-state index in [0.717, 1.165) is 19.4 Å². The van der Waals surface area contributed by atoms with Crippen LogP contribution in [-0.4, -0.2) is 13.2 Å². The van der Waals surface area contributed by atoms with Crippen LogP contribution in [0.1, 0.15) is 42.2 Å². The minimum absolute atomic E-state index is 0.135. The van der Waals surface area contributed by atoms with Crippen LogP contribution >= 0.6 is 0 Å². The highest BCUT2D eigenvalue weighted by Crippen LogP contribution is 2.40. The summed E-state index contributed by atoms with van der Waals surface area (Å²) in [4.78, 5) is 0. The monoisotopic (exact) mass is 558 g/mol. The van der Waals surface area contributed by atoms with Gasteiger partial charge in [0.25, 0.3) is 0 Å². The van der Waals surface area contributed by atoms with E-state index in [4.69, 9.17) is 9.47 Å². The predicted molar refractivity (Wildman–Crippen MR) is 123 cm³/mol. The molecule has 3 aromatic rings. The van der Waals surface area contributed by atoms with Crippen molar-refractivity contribution in [3.8, 4) is 16.9 Å². The molecule has 11 heteroatoms. The number of halogens is 8. The van der Waals surface area contributed by atoms with Crippen molar-refractivity contribution in [1.29, 1.82) is 0 Å². The topological polar surface area (TPSA) is 27.7 Å². The van der Waals surface area contributed by atoms with Gasteiger partial charge in [-0.05, 0) is 43.0 Å². The zero-order valence-electron chi connectivity index (χ0n) is 20.5. The Bertz CT molecular complexity index is 1380. The van der Waals surface area contributed by atoms with Crippen LogP contribution in [0.2, 0.25) is 0 Å². The van der Waals surface area contributed by atoms with E-state index in [9.17, 15) is 35.1 Å². The van der Waals surface area contributed by atoms with E-state index in [1.54, 1.807) is 0 Å². The van der Waals surface area contributed by atoms with Crippen molar-refractivity contribution >= 4 is 0 Å². The molecule has 0 atom stereocenters. The van der Waals surface area contributed by atoms with Crippen molar-refractivity contribution in [3.63, 3.8) is 0 Å². The quantitative estimate of drug-likeness (QED) is 0.217. The molecule has 1 heterocycles. The Kier molecular flexibility index (Phi) is 7.32. The average molecular weight is 558 g/mol. The minimum Gasteiger partial charge on any atom is -0.428 e. The summed E-state index contributed by atoms with van der Waals surface area (Å²) in [6.45, 7) is 1.73. The lowest BCUT2D eigenvalue weighted by Crippen LogP contribution is -2.27. The van der Waals surface area contributed by atoms with E-state index < -0.39 is 69.7 Å². The molecule has 2 fully saturated rings. The molecule has 0 spiro atoms. The maximum Gasteiger partial charge on any atom is 0.432 e. The lowest BCUT2D eigenvalue weighted by Gasteiger charge is -2.29. The Hall–Kier alpha value is -3.18. The second-order valence-corrected chi connectivity index (χ2v) is 9.83. The van der Waals surface area contributed by atoms with Gasteiger partial charge in [-0.2, -0.15) is 8.78 Å². The second-order valence-electron chi connectivity index (χ2n) is 9.83. The largest absolute Gasteiger partial charge is 0.432 e. The van der Waals surface area contributed by atoms with Crippen LogP contribution in [0.4, 0.5) is 35.1 Å². The number of alkyl halides is 2. The number of ether oxygens (including phenoxy) is 3. The molecule has 0 bridgehead atoms. The van der Waals surface area contributed by atoms with Crippen molar-refractivity contribution in [1.82, 2.24) is 0 Å². The third kappa shape index (κ3) is 5.60. The van der Waals surface area contributed by atoms with Crippen molar-refractivity contribution in [2.24, 2.45) is 11.8 Å². The first-order valence-corrected chi connectivity index (χ1v) is 12.2. The molecule has 0 aromatic heterocycles. The van der Waals surface area contributed by atoms with Gasteiger partial charge in [-0.25, -0.2) is 26.3 Å². The second kappa shape index (κ2) is 10.4. The van der Waals surface area contributed by atoms with Crippen molar-refractivity contribution in [3.05, 3.63) is 88.0 Å². The summed E-state index contributed by atoms with van der Waals surface area (Å²) < 4.78 is 130. The fourth-order valence-corrected chi connectivity index (χ4v) is 4.57. The lowest BCUT2D eigenvalue weighted by atomic mass is 9.99. The third-order valence-corrected chi connectivity index (χ3v) is 6.84. The van der Waals surface area contributed by atoms with Crippen LogP contribution in [0.15, 0.2) is 36.4 Å². The van der Waals surface area contributed by atoms with Gasteiger partial charge < -0.3 is 14.2 Å². The van der Waals surface area contributed by atoms with Crippen LogP contribution in [-0.2, 0) is 15.6 Å². The first-order valence-electron chi connectivity index (χ1n) is 12.2. The fraction of sp³-hybridized carbons (Fsp3) is 0.357. The molecule has 0 N–H and O–H groups in total. The Morgan fingerprint density at radius 3 is 2.03 bits per heavy atom. The molecule has 1 aliphatic carbocycles. The molecule has 3 nitrogen and oxygen atoms in total. The van der Waals surface area contributed by atoms with Gasteiger partial charge in [0.05, 0.1) is 13.2 Å². The average Bonchev–Trinajstić information content (AvgIpc) is 3.69. The SMILES string of the molecule is Cc1c(OC(F)(F)c2c(F)cc(-c3ccc(C4OCC(CC5CC5)CO4)cc3F)cc2F)cc(F)c(F)c1F. The van der Waals surface area contributed by atoms with E-state index in [1.807, 2.05) is 0 Å². The van der Waals surface area contributed by atoms with Crippen LogP contribution in [0.5, 0.6) is 5.75 Å². The summed E-state index contributed by atoms with van der Waals surface area (Å²) in [5.41, 5.74) is -3.05. The van der Waals surface area contributed by atoms with Gasteiger partial charge in [0.15, 0.2) is 23.7 Å². The summed E-state index contributed by atoms with van der Waals surface area (Å²) in [5, 5.41) is 0. The molecule has 1 aliphatic heterocycles. The van der Waals surface area contributed by atoms with Crippen LogP contribution in [0.3, 0.4) is 0 Å². The third-order valence-electron chi connectivity index (χ3n) is 6.84. The Morgan fingerprint density at radius 2 is 1.44 bits per heavy atom. The van der Waals surface area contributed by atoms with Crippen molar-refractivity contribution in [2.45, 2.75) is 38.6 Å². The molecule has 0 amide bonds. The van der Waals surface area contributed by atoms with Gasteiger partial charge >= 0.3 is 6.11 Å². The zero-order chi connectivity index (χ0) is 28.1. The molecule has 208 valence electrons. The molecular weight excluding hydrogens is 536 g/mol. The summed E-state index contributed by atoms with van der Waals surface area (Å²) in [6.07, 6.45) is -2.17. The van der Waals surface area contributed by atoms with Gasteiger partial charge in [0, 0.05) is 28.7 Å². The van der Waals surface area contributed by atoms with E-state index in [-0.39, 0.29) is 17.5 Å². The normalized spacial score (nSPS) is 19.8. The number of benzene rings is 3. The van der Waals surface area contributed by atoms with E-state index >= 15 is 0 Å². The zero-order valence-corrected chi connectivity index (χ0v) is 20.5. The molecule has 0 radical (unpaired) electrons. The van der Waals surface area contributed by atoms with Crippen LogP contribution in [0, 0.1) is 53.7 Å². The highest BCUT2D eigenvalue weighted by Gasteiger charge is 2.42. The van der Waals surface area contributed by atoms with Gasteiger partial charge in [0.1, 0.15) is 28.8 Å². The smallest absolute Gasteiger partial charge is 0.428 e. The molecule has 5 rings (SSSR count). The maximum atomic E-state index is 15.0. The highest BCUT2D eigenvalue weighted by molar-refractivity contribution is 5.65. The van der Waals surface area contributed by atoms with Gasteiger partial charge in [-0.3, -0.25) is 0 Å². The summed E-state index contributed by atoms with van der Waals surface area (Å²) in [5.74, 6) is -10.3. The summed E-state index contributed by atoms with van der Waals surface area (Å²) >= 11 is 0. The molecule has 2 aliphatic rings. The minimum atomic E-state index is -4.76. The Morgan fingerprint density at radius 1 is 0.795 bits per heavy atom. The molecule has 1 saturated carbocycles. The molecule has 1 saturated heterocycles. The summed E-state index contributed by atoms with van der Waals surface area (Å²) in [7, 11) is 0. The molecule has 0 unspecified atom stereocenters. The first kappa shape index (κ1) is 27.4. The van der Waals surface area contributed by atoms with E-state index in [2.05, 4.69) is 4.74 Å². The van der Waals surface area contributed by atoms with E-state index in [1.165, 1.54) is 25.0 Å². The van der Waals surface area contributed by atoms with E-state index in [0.29, 0.717) is 36.8 Å². The predicted octanol–water partition coefficient (Wildman–Crippen LogP) is 8.09. The van der Waals surface area contributed by atoms with Crippen molar-refractivity contribution < 1.29 is 49.3 Å². The summed E-state index contributed by atoms with van der Waals surface area (Å²) in [6, 6.07) is 4.81. The van der Waals surface area contributed by atoms with Crippen LogP contribution in [0.25, 0.3) is 11.1 Å². The Labute approximate surface area is 218 Å². The lowest BCUT2D eigenvalue weighted by molar-refractivity contribution is -0.206. The highest BCUT2D eigenvalue weighted by atomic mass is 19.3. The standard InChI is InChI=1S/C28H22F8O3/c1-13-23(10-22(32)26(34)25(13)33)39-28(35,36)24-20(30)8-17(9-21(24)31)18-5-4-16(7-19(18)29)27-37-11-15(12-38-27)6-14-2-3-14/h4-5,7-10,14-15,27H,2-3,6,11-12H2,1H3. The van der Waals surface area contributed by atoms with Crippen LogP contribution < -0.4 is 4.74 Å². The van der Waals surface area contributed by atoms with Gasteiger partial charge in [-0.1, -0.05) is 25.0 Å². The molecular formula is C28H22F8O3. The number of rotatable bonds is 7. The Balaban J connectivity index is 1.36.